The minimum atomic E-state index is -0.326. The molecule has 1 aromatic carbocycles. The smallest absolute Gasteiger partial charge is 0.167 e. The largest absolute Gasteiger partial charge is 0.486 e. The SMILES string of the molecule is Fc1cccc(OCc2nccc(Br)n2)c1. The van der Waals surface area contributed by atoms with Crippen molar-refractivity contribution in [2.45, 2.75) is 6.61 Å². The second-order valence-corrected chi connectivity index (χ2v) is 3.85. The molecule has 0 N–H and O–H groups in total. The molecule has 1 aromatic heterocycles. The van der Waals surface area contributed by atoms with Crippen molar-refractivity contribution in [1.29, 1.82) is 0 Å². The van der Waals surface area contributed by atoms with E-state index in [-0.39, 0.29) is 12.4 Å². The zero-order valence-corrected chi connectivity index (χ0v) is 9.82. The monoisotopic (exact) mass is 282 g/mol. The molecule has 82 valence electrons. The first kappa shape index (κ1) is 11.0. The Morgan fingerprint density at radius 2 is 2.19 bits per heavy atom. The van der Waals surface area contributed by atoms with Gasteiger partial charge in [-0.15, -0.1) is 0 Å². The maximum atomic E-state index is 12.8. The molecule has 0 unspecified atom stereocenters. The number of aromatic nitrogens is 2. The second-order valence-electron chi connectivity index (χ2n) is 3.04. The Morgan fingerprint density at radius 3 is 2.94 bits per heavy atom. The van der Waals surface area contributed by atoms with E-state index < -0.39 is 0 Å². The van der Waals surface area contributed by atoms with Gasteiger partial charge >= 0.3 is 0 Å². The summed E-state index contributed by atoms with van der Waals surface area (Å²) in [6, 6.07) is 7.68. The normalized spacial score (nSPS) is 10.1. The lowest BCUT2D eigenvalue weighted by Gasteiger charge is -2.04. The summed E-state index contributed by atoms with van der Waals surface area (Å²) in [6.07, 6.45) is 1.63. The number of nitrogens with zero attached hydrogens (tertiary/aromatic N) is 2. The van der Waals surface area contributed by atoms with Crippen LogP contribution in [0.15, 0.2) is 41.1 Å². The van der Waals surface area contributed by atoms with E-state index in [2.05, 4.69) is 25.9 Å². The maximum Gasteiger partial charge on any atom is 0.167 e. The Kier molecular flexibility index (Phi) is 3.46. The Hall–Kier alpha value is -1.49. The van der Waals surface area contributed by atoms with Crippen molar-refractivity contribution in [2.75, 3.05) is 0 Å². The summed E-state index contributed by atoms with van der Waals surface area (Å²) in [4.78, 5) is 8.11. The molecule has 3 nitrogen and oxygen atoms in total. The topological polar surface area (TPSA) is 35.0 Å². The number of ether oxygens (including phenoxy) is 1. The van der Waals surface area contributed by atoms with E-state index in [1.807, 2.05) is 0 Å². The molecule has 1 heterocycles. The predicted molar refractivity (Wildman–Crippen MR) is 60.5 cm³/mol. The molecule has 0 spiro atoms. The van der Waals surface area contributed by atoms with Crippen LogP contribution >= 0.6 is 15.9 Å². The standard InChI is InChI=1S/C11H8BrFN2O/c12-10-4-5-14-11(15-10)7-16-9-3-1-2-8(13)6-9/h1-6H,7H2. The van der Waals surface area contributed by atoms with Gasteiger partial charge < -0.3 is 4.74 Å². The van der Waals surface area contributed by atoms with E-state index in [1.165, 1.54) is 12.1 Å². The van der Waals surface area contributed by atoms with Crippen molar-refractivity contribution < 1.29 is 9.13 Å². The lowest BCUT2D eigenvalue weighted by Crippen LogP contribution is -2.01. The average molecular weight is 283 g/mol. The van der Waals surface area contributed by atoms with Crippen molar-refractivity contribution in [2.24, 2.45) is 0 Å². The molecule has 0 aliphatic rings. The van der Waals surface area contributed by atoms with Crippen LogP contribution in [0.3, 0.4) is 0 Å². The molecule has 0 aliphatic heterocycles. The maximum absolute atomic E-state index is 12.8. The highest BCUT2D eigenvalue weighted by molar-refractivity contribution is 9.10. The number of benzene rings is 1. The molecule has 0 bridgehead atoms. The highest BCUT2D eigenvalue weighted by Gasteiger charge is 2.00. The first-order chi connectivity index (χ1) is 7.74. The van der Waals surface area contributed by atoms with Crippen molar-refractivity contribution in [3.05, 3.63) is 52.8 Å². The van der Waals surface area contributed by atoms with Crippen LogP contribution in [0.25, 0.3) is 0 Å². The van der Waals surface area contributed by atoms with Gasteiger partial charge in [0.05, 0.1) is 0 Å². The average Bonchev–Trinajstić information content (AvgIpc) is 2.27. The van der Waals surface area contributed by atoms with Crippen LogP contribution in [0.5, 0.6) is 5.75 Å². The van der Waals surface area contributed by atoms with Gasteiger partial charge in [0.1, 0.15) is 22.8 Å². The van der Waals surface area contributed by atoms with Gasteiger partial charge in [-0.3, -0.25) is 0 Å². The zero-order chi connectivity index (χ0) is 11.4. The van der Waals surface area contributed by atoms with E-state index in [0.717, 1.165) is 0 Å². The van der Waals surface area contributed by atoms with Gasteiger partial charge in [0.25, 0.3) is 0 Å². The summed E-state index contributed by atoms with van der Waals surface area (Å²) in [5.41, 5.74) is 0. The minimum absolute atomic E-state index is 0.211. The summed E-state index contributed by atoms with van der Waals surface area (Å²) in [6.45, 7) is 0.211. The van der Waals surface area contributed by atoms with E-state index in [0.29, 0.717) is 16.2 Å². The predicted octanol–water partition coefficient (Wildman–Crippen LogP) is 2.96. The number of hydrogen-bond acceptors (Lipinski definition) is 3. The summed E-state index contributed by atoms with van der Waals surface area (Å²) >= 11 is 3.23. The van der Waals surface area contributed by atoms with Gasteiger partial charge in [0.15, 0.2) is 5.82 Å². The molecule has 0 amide bonds. The minimum Gasteiger partial charge on any atom is -0.486 e. The fraction of sp³-hybridized carbons (Fsp3) is 0.0909. The first-order valence-electron chi connectivity index (χ1n) is 4.60. The van der Waals surface area contributed by atoms with Gasteiger partial charge in [-0.25, -0.2) is 14.4 Å². The number of rotatable bonds is 3. The lowest BCUT2D eigenvalue weighted by molar-refractivity contribution is 0.294. The van der Waals surface area contributed by atoms with Gasteiger partial charge in [-0.1, -0.05) is 6.07 Å². The molecule has 0 saturated heterocycles. The first-order valence-corrected chi connectivity index (χ1v) is 5.39. The van der Waals surface area contributed by atoms with Crippen LogP contribution in [0.1, 0.15) is 5.82 Å². The molecule has 0 atom stereocenters. The Bertz CT molecular complexity index is 447. The summed E-state index contributed by atoms with van der Waals surface area (Å²) < 4.78 is 18.9. The summed E-state index contributed by atoms with van der Waals surface area (Å²) in [5, 5.41) is 0. The van der Waals surface area contributed by atoms with Crippen molar-refractivity contribution in [1.82, 2.24) is 9.97 Å². The number of hydrogen-bond donors (Lipinski definition) is 0. The third-order valence-corrected chi connectivity index (χ3v) is 2.28. The number of halogens is 2. The van der Waals surface area contributed by atoms with E-state index in [1.54, 1.807) is 24.4 Å². The summed E-state index contributed by atoms with van der Waals surface area (Å²) in [5.74, 6) is 0.676. The van der Waals surface area contributed by atoms with Gasteiger partial charge in [-0.05, 0) is 34.1 Å². The van der Waals surface area contributed by atoms with E-state index in [4.69, 9.17) is 4.74 Å². The highest BCUT2D eigenvalue weighted by atomic mass is 79.9. The Morgan fingerprint density at radius 1 is 1.31 bits per heavy atom. The third-order valence-electron chi connectivity index (χ3n) is 1.84. The van der Waals surface area contributed by atoms with Crippen LogP contribution in [-0.4, -0.2) is 9.97 Å². The Balaban J connectivity index is 2.02. The zero-order valence-electron chi connectivity index (χ0n) is 8.23. The van der Waals surface area contributed by atoms with Crippen LogP contribution in [-0.2, 0) is 6.61 Å². The molecule has 16 heavy (non-hydrogen) atoms. The molecular formula is C11H8BrFN2O. The van der Waals surface area contributed by atoms with Crippen molar-refractivity contribution in [3.63, 3.8) is 0 Å². The molecule has 0 fully saturated rings. The fourth-order valence-electron chi connectivity index (χ4n) is 1.15. The molecular weight excluding hydrogens is 275 g/mol. The van der Waals surface area contributed by atoms with E-state index >= 15 is 0 Å². The molecule has 5 heteroatoms. The van der Waals surface area contributed by atoms with Crippen molar-refractivity contribution in [3.8, 4) is 5.75 Å². The van der Waals surface area contributed by atoms with Gasteiger partial charge in [0.2, 0.25) is 0 Å². The van der Waals surface area contributed by atoms with Crippen LogP contribution in [0, 0.1) is 5.82 Å². The van der Waals surface area contributed by atoms with Crippen LogP contribution in [0.4, 0.5) is 4.39 Å². The Labute approximate surface area is 100 Å². The molecule has 2 rings (SSSR count). The quantitative estimate of drug-likeness (QED) is 0.812. The third kappa shape index (κ3) is 3.00. The highest BCUT2D eigenvalue weighted by Crippen LogP contribution is 2.13. The van der Waals surface area contributed by atoms with Gasteiger partial charge in [0, 0.05) is 12.3 Å². The molecule has 0 saturated carbocycles. The fourth-order valence-corrected chi connectivity index (χ4v) is 1.47. The second kappa shape index (κ2) is 5.03. The van der Waals surface area contributed by atoms with Gasteiger partial charge in [-0.2, -0.15) is 0 Å². The molecule has 0 aliphatic carbocycles. The van der Waals surface area contributed by atoms with Crippen molar-refractivity contribution >= 4 is 15.9 Å². The lowest BCUT2D eigenvalue weighted by atomic mass is 10.3. The van der Waals surface area contributed by atoms with Crippen LogP contribution < -0.4 is 4.74 Å². The molecule has 2 aromatic rings. The van der Waals surface area contributed by atoms with E-state index in [9.17, 15) is 4.39 Å². The van der Waals surface area contributed by atoms with Crippen LogP contribution in [0.2, 0.25) is 0 Å². The molecule has 0 radical (unpaired) electrons. The summed E-state index contributed by atoms with van der Waals surface area (Å²) in [7, 11) is 0.